The summed E-state index contributed by atoms with van der Waals surface area (Å²) >= 11 is 0. The van der Waals surface area contributed by atoms with Crippen LogP contribution in [0.2, 0.25) is 0 Å². The van der Waals surface area contributed by atoms with Crippen LogP contribution in [0.3, 0.4) is 0 Å². The predicted octanol–water partition coefficient (Wildman–Crippen LogP) is 6.19. The molecule has 1 aromatic carbocycles. The molecule has 154 valence electrons. The molecule has 3 aliphatic carbocycles. The van der Waals surface area contributed by atoms with Gasteiger partial charge in [-0.3, -0.25) is 4.79 Å². The number of rotatable bonds is 4. The van der Waals surface area contributed by atoms with Crippen molar-refractivity contribution in [3.05, 3.63) is 34.9 Å². The lowest BCUT2D eigenvalue weighted by atomic mass is 9.55. The minimum atomic E-state index is -1.04. The Bertz CT molecular complexity index is 710. The van der Waals surface area contributed by atoms with E-state index >= 15 is 0 Å². The normalized spacial score (nSPS) is 35.1. The number of nitrogens with two attached hydrogens (primary N) is 1. The Balaban J connectivity index is 1.45. The summed E-state index contributed by atoms with van der Waals surface area (Å²) in [6.07, 6.45) is 12.7. The fourth-order valence-electron chi connectivity index (χ4n) is 6.93. The molecule has 28 heavy (non-hydrogen) atoms. The van der Waals surface area contributed by atoms with Crippen LogP contribution in [0.25, 0.3) is 0 Å². The molecule has 2 N–H and O–H groups in total. The monoisotopic (exact) mass is 389 g/mol. The Morgan fingerprint density at radius 1 is 0.964 bits per heavy atom. The second-order valence-corrected chi connectivity index (χ2v) is 9.63. The summed E-state index contributed by atoms with van der Waals surface area (Å²) in [5, 5.41) is 0. The molecule has 6 unspecified atom stereocenters. The lowest BCUT2D eigenvalue weighted by Gasteiger charge is -2.51. The Kier molecular flexibility index (Phi) is 5.76. The fourth-order valence-corrected chi connectivity index (χ4v) is 6.93. The molecule has 0 saturated heterocycles. The van der Waals surface area contributed by atoms with Crippen LogP contribution in [0.15, 0.2) is 12.1 Å². The van der Waals surface area contributed by atoms with E-state index in [-0.39, 0.29) is 5.92 Å². The maximum Gasteiger partial charge on any atom is 0.254 e. The molecule has 0 radical (unpaired) electrons. The zero-order valence-corrected chi connectivity index (χ0v) is 16.9. The van der Waals surface area contributed by atoms with Crippen LogP contribution in [0.1, 0.15) is 93.0 Å². The van der Waals surface area contributed by atoms with Crippen LogP contribution < -0.4 is 5.73 Å². The molecule has 3 fully saturated rings. The highest BCUT2D eigenvalue weighted by Crippen LogP contribution is 2.55. The molecule has 4 heteroatoms. The van der Waals surface area contributed by atoms with Crippen LogP contribution in [-0.4, -0.2) is 5.91 Å². The van der Waals surface area contributed by atoms with E-state index in [2.05, 4.69) is 6.92 Å². The first-order valence-electron chi connectivity index (χ1n) is 11.3. The highest BCUT2D eigenvalue weighted by molar-refractivity contribution is 5.93. The Morgan fingerprint density at radius 3 is 2.18 bits per heavy atom. The van der Waals surface area contributed by atoms with Crippen molar-refractivity contribution in [2.75, 3.05) is 0 Å². The molecular weight excluding hydrogens is 356 g/mol. The summed E-state index contributed by atoms with van der Waals surface area (Å²) in [7, 11) is 0. The number of amides is 1. The SMILES string of the molecule is CCCC1CCC2C(CCC3CC(c4cc(F)c(C(N)=O)c(F)c4)CCC32)C1. The first-order valence-corrected chi connectivity index (χ1v) is 11.3. The Hall–Kier alpha value is -1.45. The van der Waals surface area contributed by atoms with Gasteiger partial charge in [-0.05, 0) is 98.1 Å². The molecule has 1 aromatic rings. The van der Waals surface area contributed by atoms with Crippen molar-refractivity contribution in [3.63, 3.8) is 0 Å². The predicted molar refractivity (Wildman–Crippen MR) is 107 cm³/mol. The molecule has 0 aromatic heterocycles. The van der Waals surface area contributed by atoms with Gasteiger partial charge in [-0.15, -0.1) is 0 Å². The van der Waals surface area contributed by atoms with Crippen molar-refractivity contribution in [1.29, 1.82) is 0 Å². The van der Waals surface area contributed by atoms with Crippen molar-refractivity contribution in [3.8, 4) is 0 Å². The molecule has 3 aliphatic rings. The molecule has 0 aliphatic heterocycles. The van der Waals surface area contributed by atoms with Crippen molar-refractivity contribution in [1.82, 2.24) is 0 Å². The van der Waals surface area contributed by atoms with Gasteiger partial charge in [-0.1, -0.05) is 26.2 Å². The number of carbonyl (C=O) groups excluding carboxylic acids is 1. The standard InChI is InChI=1S/C24H33F2NO/c1-2-3-14-4-8-19-16(10-14)5-6-17-11-15(7-9-20(17)19)18-12-21(25)23(24(27)28)22(26)13-18/h12-17,19-20H,2-11H2,1H3,(H2,27,28). The van der Waals surface area contributed by atoms with Gasteiger partial charge in [0.05, 0.1) is 0 Å². The minimum Gasteiger partial charge on any atom is -0.365 e. The van der Waals surface area contributed by atoms with Crippen molar-refractivity contribution >= 4 is 5.91 Å². The zero-order chi connectivity index (χ0) is 19.8. The first kappa shape index (κ1) is 19.8. The molecule has 0 spiro atoms. The third-order valence-corrected chi connectivity index (χ3v) is 8.13. The smallest absolute Gasteiger partial charge is 0.254 e. The molecule has 6 atom stereocenters. The van der Waals surface area contributed by atoms with Gasteiger partial charge >= 0.3 is 0 Å². The Labute approximate surface area is 167 Å². The summed E-state index contributed by atoms with van der Waals surface area (Å²) < 4.78 is 28.5. The van der Waals surface area contributed by atoms with Crippen LogP contribution in [-0.2, 0) is 0 Å². The topological polar surface area (TPSA) is 43.1 Å². The zero-order valence-electron chi connectivity index (χ0n) is 16.9. The van der Waals surface area contributed by atoms with Crippen molar-refractivity contribution in [2.45, 2.75) is 77.0 Å². The second kappa shape index (κ2) is 8.12. The number of fused-ring (bicyclic) bond motifs is 3. The van der Waals surface area contributed by atoms with Crippen molar-refractivity contribution < 1.29 is 13.6 Å². The van der Waals surface area contributed by atoms with E-state index in [4.69, 9.17) is 5.73 Å². The quantitative estimate of drug-likeness (QED) is 0.655. The van der Waals surface area contributed by atoms with E-state index in [1.165, 1.54) is 63.5 Å². The number of halogens is 2. The van der Waals surface area contributed by atoms with Crippen molar-refractivity contribution in [2.24, 2.45) is 35.3 Å². The second-order valence-electron chi connectivity index (χ2n) is 9.63. The summed E-state index contributed by atoms with van der Waals surface area (Å²) in [4.78, 5) is 11.3. The number of hydrogen-bond donors (Lipinski definition) is 1. The summed E-state index contributed by atoms with van der Waals surface area (Å²) in [6.45, 7) is 2.30. The average molecular weight is 390 g/mol. The van der Waals surface area contributed by atoms with E-state index in [1.54, 1.807) is 0 Å². The lowest BCUT2D eigenvalue weighted by molar-refractivity contribution is 0.00539. The first-order chi connectivity index (χ1) is 13.5. The number of carbonyl (C=O) groups is 1. The Morgan fingerprint density at radius 2 is 1.57 bits per heavy atom. The summed E-state index contributed by atoms with van der Waals surface area (Å²) in [5.74, 6) is 1.73. The molecule has 2 nitrogen and oxygen atoms in total. The summed E-state index contributed by atoms with van der Waals surface area (Å²) in [6, 6.07) is 2.69. The van der Waals surface area contributed by atoms with Gasteiger partial charge in [-0.25, -0.2) is 8.78 Å². The van der Waals surface area contributed by atoms with Crippen LogP contribution in [0.4, 0.5) is 8.78 Å². The number of hydrogen-bond acceptors (Lipinski definition) is 1. The molecular formula is C24H33F2NO. The molecule has 0 bridgehead atoms. The largest absolute Gasteiger partial charge is 0.365 e. The maximum atomic E-state index is 14.2. The third kappa shape index (κ3) is 3.71. The van der Waals surface area contributed by atoms with Gasteiger partial charge in [0.1, 0.15) is 17.2 Å². The highest BCUT2D eigenvalue weighted by atomic mass is 19.1. The highest BCUT2D eigenvalue weighted by Gasteiger charge is 2.44. The van der Waals surface area contributed by atoms with Crippen LogP contribution in [0, 0.1) is 41.2 Å². The van der Waals surface area contributed by atoms with Gasteiger partial charge in [-0.2, -0.15) is 0 Å². The van der Waals surface area contributed by atoms with Crippen LogP contribution in [0.5, 0.6) is 0 Å². The van der Waals surface area contributed by atoms with Gasteiger partial charge in [0.2, 0.25) is 0 Å². The van der Waals surface area contributed by atoms with E-state index in [1.807, 2.05) is 0 Å². The fraction of sp³-hybridized carbons (Fsp3) is 0.708. The van der Waals surface area contributed by atoms with Gasteiger partial charge in [0.25, 0.3) is 5.91 Å². The van der Waals surface area contributed by atoms with Gasteiger partial charge in [0.15, 0.2) is 0 Å². The van der Waals surface area contributed by atoms with Gasteiger partial charge < -0.3 is 5.73 Å². The van der Waals surface area contributed by atoms with E-state index in [9.17, 15) is 13.6 Å². The van der Waals surface area contributed by atoms with E-state index in [0.717, 1.165) is 36.5 Å². The minimum absolute atomic E-state index is 0.195. The molecule has 0 heterocycles. The number of primary amides is 1. The molecule has 1 amide bonds. The van der Waals surface area contributed by atoms with E-state index < -0.39 is 23.1 Å². The average Bonchev–Trinajstić information content (AvgIpc) is 2.66. The lowest BCUT2D eigenvalue weighted by Crippen LogP contribution is -2.41. The van der Waals surface area contributed by atoms with Crippen LogP contribution >= 0.6 is 0 Å². The summed E-state index contributed by atoms with van der Waals surface area (Å²) in [5.41, 5.74) is 5.19. The van der Waals surface area contributed by atoms with Gasteiger partial charge in [0, 0.05) is 0 Å². The number of benzene rings is 1. The third-order valence-electron chi connectivity index (χ3n) is 8.13. The maximum absolute atomic E-state index is 14.2. The molecule has 4 rings (SSSR count). The molecule has 3 saturated carbocycles. The van der Waals surface area contributed by atoms with E-state index in [0.29, 0.717) is 11.5 Å².